The van der Waals surface area contributed by atoms with Crippen molar-refractivity contribution >= 4 is 27.5 Å². The summed E-state index contributed by atoms with van der Waals surface area (Å²) >= 11 is 3.00. The number of nitrogens with two attached hydrogens (primary N) is 1. The van der Waals surface area contributed by atoms with Crippen LogP contribution >= 0.6 is 15.9 Å². The van der Waals surface area contributed by atoms with E-state index in [2.05, 4.69) is 21.2 Å². The van der Waals surface area contributed by atoms with Crippen molar-refractivity contribution in [2.24, 2.45) is 5.73 Å². The van der Waals surface area contributed by atoms with Crippen LogP contribution in [0.5, 0.6) is 0 Å². The van der Waals surface area contributed by atoms with E-state index in [1.54, 1.807) is 0 Å². The molecule has 0 radical (unpaired) electrons. The molecule has 7 heteroatoms. The largest absolute Gasteiger partial charge is 0.418 e. The van der Waals surface area contributed by atoms with Crippen LogP contribution in [0.3, 0.4) is 0 Å². The van der Waals surface area contributed by atoms with Crippen molar-refractivity contribution in [1.29, 1.82) is 0 Å². The first-order valence-corrected chi connectivity index (χ1v) is 7.44. The van der Waals surface area contributed by atoms with Crippen LogP contribution in [0.4, 0.5) is 18.9 Å². The topological polar surface area (TPSA) is 55.1 Å². The number of amides is 1. The van der Waals surface area contributed by atoms with Gasteiger partial charge in [-0.05, 0) is 31.0 Å². The zero-order valence-electron chi connectivity index (χ0n) is 11.3. The lowest BCUT2D eigenvalue weighted by Crippen LogP contribution is -2.40. The molecule has 0 aliphatic heterocycles. The summed E-state index contributed by atoms with van der Waals surface area (Å²) < 4.78 is 39.2. The summed E-state index contributed by atoms with van der Waals surface area (Å²) in [5.74, 6) is -0.479. The number of nitrogens with one attached hydrogen (secondary N) is 1. The average molecular weight is 365 g/mol. The Labute approximate surface area is 129 Å². The van der Waals surface area contributed by atoms with Crippen molar-refractivity contribution in [1.82, 2.24) is 0 Å². The van der Waals surface area contributed by atoms with E-state index in [1.165, 1.54) is 12.1 Å². The minimum Gasteiger partial charge on any atom is -0.325 e. The van der Waals surface area contributed by atoms with Crippen LogP contribution in [0.25, 0.3) is 0 Å². The number of halogens is 4. The highest BCUT2D eigenvalue weighted by atomic mass is 79.9. The van der Waals surface area contributed by atoms with Crippen molar-refractivity contribution in [3.63, 3.8) is 0 Å². The van der Waals surface area contributed by atoms with E-state index in [0.717, 1.165) is 31.7 Å². The minimum atomic E-state index is -4.53. The molecule has 0 heterocycles. The summed E-state index contributed by atoms with van der Waals surface area (Å²) in [7, 11) is 0. The van der Waals surface area contributed by atoms with Gasteiger partial charge in [0.1, 0.15) is 0 Å². The SMILES string of the molecule is NC1(CC(=O)Nc2ccc(Br)cc2C(F)(F)F)CCCC1. The molecule has 1 aromatic carbocycles. The van der Waals surface area contributed by atoms with E-state index in [9.17, 15) is 18.0 Å². The molecule has 21 heavy (non-hydrogen) atoms. The molecule has 1 amide bonds. The molecule has 3 N–H and O–H groups in total. The predicted octanol–water partition coefficient (Wildman–Crippen LogP) is 4.07. The second kappa shape index (κ2) is 5.96. The third-order valence-corrected chi connectivity index (χ3v) is 4.17. The fourth-order valence-electron chi connectivity index (χ4n) is 2.63. The maximum absolute atomic E-state index is 13.0. The molecule has 0 spiro atoms. The molecule has 1 aromatic rings. The quantitative estimate of drug-likeness (QED) is 0.849. The van der Waals surface area contributed by atoms with E-state index in [4.69, 9.17) is 5.73 Å². The molecule has 2 rings (SSSR count). The smallest absolute Gasteiger partial charge is 0.325 e. The Hall–Kier alpha value is -1.08. The first-order chi connectivity index (χ1) is 9.70. The fourth-order valence-corrected chi connectivity index (χ4v) is 2.99. The van der Waals surface area contributed by atoms with Crippen LogP contribution in [0, 0.1) is 0 Å². The zero-order valence-corrected chi connectivity index (χ0v) is 12.9. The summed E-state index contributed by atoms with van der Waals surface area (Å²) in [5.41, 5.74) is 4.37. The lowest BCUT2D eigenvalue weighted by atomic mass is 9.94. The van der Waals surface area contributed by atoms with Crippen molar-refractivity contribution in [2.45, 2.75) is 43.8 Å². The van der Waals surface area contributed by atoms with E-state index in [0.29, 0.717) is 4.47 Å². The van der Waals surface area contributed by atoms with E-state index >= 15 is 0 Å². The van der Waals surface area contributed by atoms with Gasteiger partial charge >= 0.3 is 6.18 Å². The second-order valence-electron chi connectivity index (χ2n) is 5.48. The molecular formula is C14H16BrF3N2O. The number of hydrogen-bond donors (Lipinski definition) is 2. The van der Waals surface area contributed by atoms with Gasteiger partial charge in [-0.1, -0.05) is 28.8 Å². The molecule has 0 unspecified atom stereocenters. The molecule has 1 fully saturated rings. The van der Waals surface area contributed by atoms with Gasteiger partial charge in [0, 0.05) is 16.4 Å². The van der Waals surface area contributed by atoms with Gasteiger partial charge in [-0.3, -0.25) is 4.79 Å². The highest BCUT2D eigenvalue weighted by molar-refractivity contribution is 9.10. The Balaban J connectivity index is 2.14. The number of alkyl halides is 3. The lowest BCUT2D eigenvalue weighted by Gasteiger charge is -2.23. The second-order valence-corrected chi connectivity index (χ2v) is 6.40. The highest BCUT2D eigenvalue weighted by Crippen LogP contribution is 2.37. The number of benzene rings is 1. The molecule has 1 saturated carbocycles. The molecule has 116 valence electrons. The molecule has 0 aromatic heterocycles. The molecule has 1 aliphatic rings. The monoisotopic (exact) mass is 364 g/mol. The van der Waals surface area contributed by atoms with Gasteiger partial charge in [0.15, 0.2) is 0 Å². The maximum Gasteiger partial charge on any atom is 0.418 e. The first kappa shape index (κ1) is 16.3. The van der Waals surface area contributed by atoms with Crippen LogP contribution in [-0.2, 0) is 11.0 Å². The van der Waals surface area contributed by atoms with Crippen LogP contribution in [0.1, 0.15) is 37.7 Å². The Morgan fingerprint density at radius 2 is 1.95 bits per heavy atom. The Morgan fingerprint density at radius 1 is 1.33 bits per heavy atom. The van der Waals surface area contributed by atoms with Crippen LogP contribution in [0.2, 0.25) is 0 Å². The summed E-state index contributed by atoms with van der Waals surface area (Å²) in [4.78, 5) is 12.0. The van der Waals surface area contributed by atoms with Gasteiger partial charge in [-0.2, -0.15) is 13.2 Å². The zero-order chi connectivity index (χ0) is 15.7. The molecule has 0 atom stereocenters. The lowest BCUT2D eigenvalue weighted by molar-refractivity contribution is -0.137. The molecular weight excluding hydrogens is 349 g/mol. The Bertz CT molecular complexity index is 540. The molecule has 1 aliphatic carbocycles. The normalized spacial score (nSPS) is 17.8. The highest BCUT2D eigenvalue weighted by Gasteiger charge is 2.35. The summed E-state index contributed by atoms with van der Waals surface area (Å²) in [6.07, 6.45) is -1.12. The van der Waals surface area contributed by atoms with Gasteiger partial charge in [0.25, 0.3) is 0 Å². The van der Waals surface area contributed by atoms with Crippen molar-refractivity contribution in [2.75, 3.05) is 5.32 Å². The number of rotatable bonds is 3. The van der Waals surface area contributed by atoms with Crippen LogP contribution in [-0.4, -0.2) is 11.4 Å². The van der Waals surface area contributed by atoms with Crippen molar-refractivity contribution in [3.8, 4) is 0 Å². The summed E-state index contributed by atoms with van der Waals surface area (Å²) in [5, 5.41) is 2.34. The van der Waals surface area contributed by atoms with Gasteiger partial charge in [0.05, 0.1) is 11.3 Å². The van der Waals surface area contributed by atoms with Crippen molar-refractivity contribution in [3.05, 3.63) is 28.2 Å². The number of hydrogen-bond acceptors (Lipinski definition) is 2. The Morgan fingerprint density at radius 3 is 2.52 bits per heavy atom. The third kappa shape index (κ3) is 4.20. The molecule has 0 saturated heterocycles. The third-order valence-electron chi connectivity index (χ3n) is 3.67. The summed E-state index contributed by atoms with van der Waals surface area (Å²) in [6, 6.07) is 3.64. The Kier molecular flexibility index (Phi) is 4.63. The van der Waals surface area contributed by atoms with Crippen LogP contribution < -0.4 is 11.1 Å². The molecule has 0 bridgehead atoms. The van der Waals surface area contributed by atoms with Gasteiger partial charge < -0.3 is 11.1 Å². The number of carbonyl (C=O) groups is 1. The van der Waals surface area contributed by atoms with Gasteiger partial charge in [0.2, 0.25) is 5.91 Å². The van der Waals surface area contributed by atoms with Gasteiger partial charge in [-0.15, -0.1) is 0 Å². The maximum atomic E-state index is 13.0. The predicted molar refractivity (Wildman–Crippen MR) is 77.8 cm³/mol. The minimum absolute atomic E-state index is 0.0420. The first-order valence-electron chi connectivity index (χ1n) is 6.65. The standard InChI is InChI=1S/C14H16BrF3N2O/c15-9-3-4-11(10(7-9)14(16,17)18)20-12(21)8-13(19)5-1-2-6-13/h3-4,7H,1-2,5-6,8,19H2,(H,20,21). The summed E-state index contributed by atoms with van der Waals surface area (Å²) in [6.45, 7) is 0. The van der Waals surface area contributed by atoms with E-state index in [1.807, 2.05) is 0 Å². The van der Waals surface area contributed by atoms with Crippen LogP contribution in [0.15, 0.2) is 22.7 Å². The van der Waals surface area contributed by atoms with Crippen molar-refractivity contribution < 1.29 is 18.0 Å². The van der Waals surface area contributed by atoms with E-state index < -0.39 is 23.2 Å². The van der Waals surface area contributed by atoms with E-state index in [-0.39, 0.29) is 12.1 Å². The average Bonchev–Trinajstić information content (AvgIpc) is 2.76. The number of carbonyl (C=O) groups excluding carboxylic acids is 1. The molecule has 3 nitrogen and oxygen atoms in total. The number of anilines is 1. The van der Waals surface area contributed by atoms with Gasteiger partial charge in [-0.25, -0.2) is 0 Å². The fraction of sp³-hybridized carbons (Fsp3) is 0.500.